The van der Waals surface area contributed by atoms with Crippen LogP contribution in [0.15, 0.2) is 42.9 Å². The summed E-state index contributed by atoms with van der Waals surface area (Å²) in [5.74, 6) is 2.48. The Balaban J connectivity index is 1.05. The molecule has 168 valence electrons. The highest BCUT2D eigenvalue weighted by molar-refractivity contribution is 5.61. The Morgan fingerprint density at radius 1 is 1.06 bits per heavy atom. The van der Waals surface area contributed by atoms with Gasteiger partial charge in [-0.1, -0.05) is 0 Å². The Kier molecular flexibility index (Phi) is 4.91. The van der Waals surface area contributed by atoms with E-state index in [0.29, 0.717) is 12.1 Å². The second-order valence-corrected chi connectivity index (χ2v) is 10.5. The van der Waals surface area contributed by atoms with E-state index in [4.69, 9.17) is 4.74 Å². The smallest absolute Gasteiger partial charge is 0.148 e. The second kappa shape index (κ2) is 7.81. The number of fused-ring (bicyclic) bond motifs is 2. The lowest BCUT2D eigenvalue weighted by atomic mass is 9.93. The normalized spacial score (nSPS) is 29.9. The standard InChI is InChI=1S/C25H32N6O/c1-25(2)13-21(7-10-32-25)31-15-18-11-20(12-19(18)16-31)27-23-5-4-22(28-29-23)17-3-6-24-26-8-9-30(24)14-17/h3-6,8-9,14,18-21H,7,10-13,15-16H2,1-2H3,(H,27,29)/t18-,19?,20?,21?/m1/s1. The lowest BCUT2D eigenvalue weighted by molar-refractivity contribution is -0.0811. The van der Waals surface area contributed by atoms with E-state index in [1.165, 1.54) is 32.4 Å². The van der Waals surface area contributed by atoms with Crippen molar-refractivity contribution in [3.05, 3.63) is 42.9 Å². The fourth-order valence-electron chi connectivity index (χ4n) is 6.11. The van der Waals surface area contributed by atoms with Gasteiger partial charge in [-0.25, -0.2) is 4.98 Å². The topological polar surface area (TPSA) is 67.6 Å². The Hall–Kier alpha value is -2.51. The predicted octanol–water partition coefficient (Wildman–Crippen LogP) is 3.87. The molecular weight excluding hydrogens is 400 g/mol. The van der Waals surface area contributed by atoms with E-state index in [1.54, 1.807) is 6.20 Å². The molecule has 1 aliphatic carbocycles. The number of likely N-dealkylation sites (tertiary alicyclic amines) is 1. The molecule has 5 heterocycles. The van der Waals surface area contributed by atoms with Crippen LogP contribution in [0.1, 0.15) is 39.5 Å². The number of nitrogens with one attached hydrogen (secondary N) is 1. The number of hydrogen-bond acceptors (Lipinski definition) is 6. The summed E-state index contributed by atoms with van der Waals surface area (Å²) in [6.07, 6.45) is 10.6. The molecule has 2 saturated heterocycles. The average Bonchev–Trinajstić information content (AvgIpc) is 3.48. The maximum absolute atomic E-state index is 5.93. The summed E-state index contributed by atoms with van der Waals surface area (Å²) in [5.41, 5.74) is 2.89. The van der Waals surface area contributed by atoms with E-state index in [0.717, 1.165) is 47.6 Å². The number of nitrogens with zero attached hydrogens (tertiary/aromatic N) is 5. The first-order chi connectivity index (χ1) is 15.5. The first-order valence-corrected chi connectivity index (χ1v) is 11.9. The predicted molar refractivity (Wildman–Crippen MR) is 124 cm³/mol. The van der Waals surface area contributed by atoms with E-state index in [2.05, 4.69) is 51.4 Å². The van der Waals surface area contributed by atoms with Crippen LogP contribution >= 0.6 is 0 Å². The highest BCUT2D eigenvalue weighted by atomic mass is 16.5. The molecule has 7 heteroatoms. The van der Waals surface area contributed by atoms with Crippen molar-refractivity contribution in [1.82, 2.24) is 24.5 Å². The molecule has 0 bridgehead atoms. The third kappa shape index (κ3) is 3.88. The van der Waals surface area contributed by atoms with Gasteiger partial charge in [0.15, 0.2) is 0 Å². The molecule has 0 amide bonds. The van der Waals surface area contributed by atoms with E-state index < -0.39 is 0 Å². The molecule has 7 nitrogen and oxygen atoms in total. The van der Waals surface area contributed by atoms with Crippen LogP contribution in [0.4, 0.5) is 5.82 Å². The zero-order valence-corrected chi connectivity index (χ0v) is 18.9. The largest absolute Gasteiger partial charge is 0.375 e. The first kappa shape index (κ1) is 20.1. The highest BCUT2D eigenvalue weighted by Gasteiger charge is 2.44. The molecule has 0 aromatic carbocycles. The first-order valence-electron chi connectivity index (χ1n) is 11.9. The third-order valence-electron chi connectivity index (χ3n) is 7.67. The molecule has 3 aromatic heterocycles. The van der Waals surface area contributed by atoms with Crippen LogP contribution in [0, 0.1) is 11.8 Å². The summed E-state index contributed by atoms with van der Waals surface area (Å²) in [5, 5.41) is 12.6. The number of anilines is 1. The van der Waals surface area contributed by atoms with Crippen molar-refractivity contribution < 1.29 is 4.74 Å². The van der Waals surface area contributed by atoms with Crippen molar-refractivity contribution >= 4 is 11.5 Å². The number of aromatic nitrogens is 4. The number of rotatable bonds is 4. The summed E-state index contributed by atoms with van der Waals surface area (Å²) < 4.78 is 7.94. The van der Waals surface area contributed by atoms with Gasteiger partial charge in [0, 0.05) is 55.9 Å². The average molecular weight is 433 g/mol. The molecule has 3 aromatic rings. The van der Waals surface area contributed by atoms with Crippen LogP contribution in [0.5, 0.6) is 0 Å². The minimum absolute atomic E-state index is 0.0278. The summed E-state index contributed by atoms with van der Waals surface area (Å²) in [6.45, 7) is 7.85. The summed E-state index contributed by atoms with van der Waals surface area (Å²) in [7, 11) is 0. The molecule has 4 atom stereocenters. The van der Waals surface area contributed by atoms with Crippen LogP contribution in [-0.2, 0) is 4.74 Å². The zero-order valence-electron chi connectivity index (χ0n) is 18.9. The van der Waals surface area contributed by atoms with Gasteiger partial charge in [0.2, 0.25) is 0 Å². The SMILES string of the molecule is CC1(C)CC(N2CC3CC(Nc4ccc(-c5ccc6nccn6c5)nn4)C[C@@H]3C2)CCO1. The van der Waals surface area contributed by atoms with Gasteiger partial charge in [-0.15, -0.1) is 10.2 Å². The summed E-state index contributed by atoms with van der Waals surface area (Å²) in [4.78, 5) is 7.05. The Morgan fingerprint density at radius 3 is 2.66 bits per heavy atom. The van der Waals surface area contributed by atoms with Crippen LogP contribution < -0.4 is 5.32 Å². The van der Waals surface area contributed by atoms with Gasteiger partial charge in [0.1, 0.15) is 11.5 Å². The van der Waals surface area contributed by atoms with E-state index >= 15 is 0 Å². The molecule has 3 fully saturated rings. The van der Waals surface area contributed by atoms with Crippen molar-refractivity contribution in [2.45, 2.75) is 57.2 Å². The number of imidazole rings is 1. The van der Waals surface area contributed by atoms with E-state index in [-0.39, 0.29) is 5.60 Å². The lowest BCUT2D eigenvalue weighted by Gasteiger charge is -2.40. The molecule has 1 saturated carbocycles. The molecule has 3 aliphatic rings. The molecule has 3 unspecified atom stereocenters. The third-order valence-corrected chi connectivity index (χ3v) is 7.67. The van der Waals surface area contributed by atoms with Crippen molar-refractivity contribution in [3.8, 4) is 11.3 Å². The van der Waals surface area contributed by atoms with Crippen molar-refractivity contribution in [2.24, 2.45) is 11.8 Å². The lowest BCUT2D eigenvalue weighted by Crippen LogP contribution is -2.45. The monoisotopic (exact) mass is 432 g/mol. The minimum Gasteiger partial charge on any atom is -0.375 e. The Bertz CT molecular complexity index is 1080. The van der Waals surface area contributed by atoms with Gasteiger partial charge in [0.25, 0.3) is 0 Å². The van der Waals surface area contributed by atoms with Crippen molar-refractivity contribution in [3.63, 3.8) is 0 Å². The van der Waals surface area contributed by atoms with Gasteiger partial charge >= 0.3 is 0 Å². The fraction of sp³-hybridized carbons (Fsp3) is 0.560. The maximum Gasteiger partial charge on any atom is 0.148 e. The van der Waals surface area contributed by atoms with Crippen LogP contribution in [0.25, 0.3) is 16.9 Å². The molecular formula is C25H32N6O. The minimum atomic E-state index is 0.0278. The van der Waals surface area contributed by atoms with Gasteiger partial charge in [-0.05, 0) is 75.6 Å². The quantitative estimate of drug-likeness (QED) is 0.675. The highest BCUT2D eigenvalue weighted by Crippen LogP contribution is 2.41. The van der Waals surface area contributed by atoms with Gasteiger partial charge in [-0.3, -0.25) is 4.90 Å². The zero-order chi connectivity index (χ0) is 21.7. The number of hydrogen-bond donors (Lipinski definition) is 1. The fourth-order valence-corrected chi connectivity index (χ4v) is 6.11. The van der Waals surface area contributed by atoms with E-state index in [1.807, 2.05) is 28.9 Å². The van der Waals surface area contributed by atoms with Crippen molar-refractivity contribution in [2.75, 3.05) is 25.0 Å². The van der Waals surface area contributed by atoms with Crippen LogP contribution in [0.3, 0.4) is 0 Å². The summed E-state index contributed by atoms with van der Waals surface area (Å²) >= 11 is 0. The second-order valence-electron chi connectivity index (χ2n) is 10.5. The molecule has 0 radical (unpaired) electrons. The summed E-state index contributed by atoms with van der Waals surface area (Å²) in [6, 6.07) is 9.35. The van der Waals surface area contributed by atoms with Crippen LogP contribution in [0.2, 0.25) is 0 Å². The van der Waals surface area contributed by atoms with Crippen molar-refractivity contribution in [1.29, 1.82) is 0 Å². The molecule has 6 rings (SSSR count). The Labute approximate surface area is 189 Å². The molecule has 0 spiro atoms. The number of pyridine rings is 1. The van der Waals surface area contributed by atoms with Gasteiger partial charge < -0.3 is 14.5 Å². The molecule has 32 heavy (non-hydrogen) atoms. The number of ether oxygens (including phenoxy) is 1. The van der Waals surface area contributed by atoms with Crippen LogP contribution in [-0.4, -0.2) is 61.9 Å². The van der Waals surface area contributed by atoms with Gasteiger partial charge in [0.05, 0.1) is 11.3 Å². The van der Waals surface area contributed by atoms with E-state index in [9.17, 15) is 0 Å². The van der Waals surface area contributed by atoms with Gasteiger partial charge in [-0.2, -0.15) is 0 Å². The maximum atomic E-state index is 5.93. The molecule has 1 N–H and O–H groups in total. The molecule has 2 aliphatic heterocycles. The Morgan fingerprint density at radius 2 is 1.91 bits per heavy atom.